The third-order valence-electron chi connectivity index (χ3n) is 4.15. The van der Waals surface area contributed by atoms with E-state index in [0.717, 1.165) is 13.0 Å². The molecule has 0 aromatic carbocycles. The molecule has 0 spiro atoms. The fraction of sp³-hybridized carbons (Fsp3) is 0.467. The Hall–Kier alpha value is -1.52. The molecule has 3 rings (SSSR count). The molecule has 0 bridgehead atoms. The lowest BCUT2D eigenvalue weighted by Crippen LogP contribution is -2.55. The van der Waals surface area contributed by atoms with Crippen molar-refractivity contribution in [1.82, 2.24) is 4.90 Å². The highest BCUT2D eigenvalue weighted by atomic mass is 16.7. The minimum atomic E-state index is -0.836. The van der Waals surface area contributed by atoms with Crippen LogP contribution in [-0.4, -0.2) is 31.2 Å². The van der Waals surface area contributed by atoms with Crippen molar-refractivity contribution in [2.45, 2.75) is 24.2 Å². The summed E-state index contributed by atoms with van der Waals surface area (Å²) in [6.45, 7) is 0.978. The third-order valence-corrected chi connectivity index (χ3v) is 4.15. The largest absolute Gasteiger partial charge is 0.464 e. The maximum atomic E-state index is 5.68. The van der Waals surface area contributed by atoms with Gasteiger partial charge in [-0.15, -0.1) is 0 Å². The zero-order valence-electron chi connectivity index (χ0n) is 11.3. The lowest BCUT2D eigenvalue weighted by molar-refractivity contribution is -0.243. The molecule has 0 amide bonds. The molecule has 1 aromatic heterocycles. The molecule has 0 fully saturated rings. The van der Waals surface area contributed by atoms with Crippen molar-refractivity contribution in [3.05, 3.63) is 48.6 Å². The van der Waals surface area contributed by atoms with Gasteiger partial charge in [-0.2, -0.15) is 0 Å². The van der Waals surface area contributed by atoms with Crippen molar-refractivity contribution in [2.24, 2.45) is 0 Å². The van der Waals surface area contributed by atoms with Crippen LogP contribution < -0.4 is 0 Å². The number of rotatable bonds is 6. The molecule has 2 aliphatic rings. The molecule has 1 atom stereocenters. The second kappa shape index (κ2) is 4.54. The number of methoxy groups -OCH3 is 2. The Bertz CT molecular complexity index is 487. The van der Waals surface area contributed by atoms with E-state index in [0.29, 0.717) is 12.2 Å². The molecule has 1 aliphatic heterocycles. The fourth-order valence-corrected chi connectivity index (χ4v) is 2.79. The van der Waals surface area contributed by atoms with E-state index in [1.54, 1.807) is 20.5 Å². The van der Waals surface area contributed by atoms with E-state index in [1.807, 2.05) is 12.1 Å². The number of furan rings is 1. The summed E-state index contributed by atoms with van der Waals surface area (Å²) in [6.07, 6.45) is 12.1. The average Bonchev–Trinajstić information content (AvgIpc) is 2.84. The Balaban J connectivity index is 1.89. The van der Waals surface area contributed by atoms with E-state index in [4.69, 9.17) is 13.9 Å². The highest BCUT2D eigenvalue weighted by Crippen LogP contribution is 2.44. The van der Waals surface area contributed by atoms with Gasteiger partial charge < -0.3 is 18.8 Å². The van der Waals surface area contributed by atoms with Crippen molar-refractivity contribution in [2.75, 3.05) is 20.8 Å². The molecule has 0 saturated carbocycles. The quantitative estimate of drug-likeness (QED) is 0.582. The van der Waals surface area contributed by atoms with E-state index < -0.39 is 5.79 Å². The molecule has 2 heterocycles. The molecule has 4 nitrogen and oxygen atoms in total. The zero-order valence-corrected chi connectivity index (χ0v) is 11.3. The maximum Gasteiger partial charge on any atom is 0.230 e. The first kappa shape index (κ1) is 12.5. The predicted octanol–water partition coefficient (Wildman–Crippen LogP) is 2.64. The summed E-state index contributed by atoms with van der Waals surface area (Å²) in [6, 6.07) is 3.75. The van der Waals surface area contributed by atoms with Crippen molar-refractivity contribution in [1.29, 1.82) is 0 Å². The number of hydrogen-bond acceptors (Lipinski definition) is 4. The van der Waals surface area contributed by atoms with Crippen LogP contribution in [0.5, 0.6) is 0 Å². The maximum absolute atomic E-state index is 5.68. The van der Waals surface area contributed by atoms with Crippen LogP contribution in [0, 0.1) is 0 Å². The van der Waals surface area contributed by atoms with E-state index in [9.17, 15) is 0 Å². The number of ether oxygens (including phenoxy) is 2. The van der Waals surface area contributed by atoms with Crippen LogP contribution in [0.4, 0.5) is 0 Å². The lowest BCUT2D eigenvalue weighted by Gasteiger charge is -2.51. The van der Waals surface area contributed by atoms with Crippen LogP contribution in [0.2, 0.25) is 0 Å². The summed E-state index contributed by atoms with van der Waals surface area (Å²) >= 11 is 0. The van der Waals surface area contributed by atoms with E-state index in [1.165, 1.54) is 0 Å². The second-order valence-electron chi connectivity index (χ2n) is 5.06. The van der Waals surface area contributed by atoms with Gasteiger partial charge in [0.1, 0.15) is 0 Å². The van der Waals surface area contributed by atoms with Gasteiger partial charge in [0.15, 0.2) is 5.76 Å². The highest BCUT2D eigenvalue weighted by Gasteiger charge is 2.48. The molecular formula is C15H19NO3. The van der Waals surface area contributed by atoms with Gasteiger partial charge in [0, 0.05) is 27.2 Å². The third kappa shape index (κ3) is 1.83. The summed E-state index contributed by atoms with van der Waals surface area (Å²) in [7, 11) is 3.32. The van der Waals surface area contributed by atoms with Crippen molar-refractivity contribution in [3.8, 4) is 0 Å². The first-order chi connectivity index (χ1) is 9.25. The highest BCUT2D eigenvalue weighted by molar-refractivity contribution is 5.27. The fourth-order valence-electron chi connectivity index (χ4n) is 2.79. The van der Waals surface area contributed by atoms with Crippen LogP contribution in [0.3, 0.4) is 0 Å². The van der Waals surface area contributed by atoms with Crippen LogP contribution in [0.1, 0.15) is 18.6 Å². The van der Waals surface area contributed by atoms with Gasteiger partial charge in [0.05, 0.1) is 11.8 Å². The van der Waals surface area contributed by atoms with Crippen LogP contribution in [0.25, 0.3) is 0 Å². The first-order valence-corrected chi connectivity index (χ1v) is 6.50. The second-order valence-corrected chi connectivity index (χ2v) is 5.06. The smallest absolute Gasteiger partial charge is 0.230 e. The molecule has 1 aliphatic carbocycles. The summed E-state index contributed by atoms with van der Waals surface area (Å²) in [4.78, 5) is 2.32. The van der Waals surface area contributed by atoms with Crippen molar-refractivity contribution in [3.63, 3.8) is 0 Å². The number of nitrogens with zero attached hydrogens (tertiary/aromatic N) is 1. The molecule has 0 N–H and O–H groups in total. The summed E-state index contributed by atoms with van der Waals surface area (Å²) in [5.74, 6) is -0.126. The van der Waals surface area contributed by atoms with E-state index >= 15 is 0 Å². The van der Waals surface area contributed by atoms with Gasteiger partial charge in [-0.3, -0.25) is 0 Å². The monoisotopic (exact) mass is 261 g/mol. The average molecular weight is 261 g/mol. The topological polar surface area (TPSA) is 34.8 Å². The van der Waals surface area contributed by atoms with Crippen LogP contribution in [-0.2, 0) is 15.3 Å². The van der Waals surface area contributed by atoms with Crippen LogP contribution >= 0.6 is 0 Å². The minimum absolute atomic E-state index is 0.0203. The SMILES string of the molecule is COC(CC1(N2C=CC2)C=CC1)(OC)c1ccco1. The Morgan fingerprint density at radius 3 is 2.47 bits per heavy atom. The van der Waals surface area contributed by atoms with Gasteiger partial charge in [-0.05, 0) is 30.8 Å². The Morgan fingerprint density at radius 2 is 2.11 bits per heavy atom. The molecule has 0 radical (unpaired) electrons. The van der Waals surface area contributed by atoms with Crippen molar-refractivity contribution < 1.29 is 13.9 Å². The van der Waals surface area contributed by atoms with Gasteiger partial charge >= 0.3 is 0 Å². The molecule has 1 aromatic rings. The normalized spacial score (nSPS) is 25.3. The Labute approximate surface area is 113 Å². The summed E-state index contributed by atoms with van der Waals surface area (Å²) in [5, 5.41) is 0. The summed E-state index contributed by atoms with van der Waals surface area (Å²) in [5.41, 5.74) is -0.0203. The van der Waals surface area contributed by atoms with Gasteiger partial charge in [0.25, 0.3) is 0 Å². The van der Waals surface area contributed by atoms with Gasteiger partial charge in [0.2, 0.25) is 5.79 Å². The summed E-state index contributed by atoms with van der Waals surface area (Å²) < 4.78 is 16.9. The lowest BCUT2D eigenvalue weighted by atomic mass is 9.76. The van der Waals surface area contributed by atoms with Gasteiger partial charge in [-0.25, -0.2) is 0 Å². The molecule has 4 heteroatoms. The van der Waals surface area contributed by atoms with Gasteiger partial charge in [-0.1, -0.05) is 12.2 Å². The van der Waals surface area contributed by atoms with Crippen molar-refractivity contribution >= 4 is 0 Å². The molecule has 19 heavy (non-hydrogen) atoms. The first-order valence-electron chi connectivity index (χ1n) is 6.50. The van der Waals surface area contributed by atoms with E-state index in [2.05, 4.69) is 29.3 Å². The van der Waals surface area contributed by atoms with E-state index in [-0.39, 0.29) is 5.54 Å². The predicted molar refractivity (Wildman–Crippen MR) is 71.4 cm³/mol. The Morgan fingerprint density at radius 1 is 1.37 bits per heavy atom. The zero-order chi connectivity index (χ0) is 13.3. The minimum Gasteiger partial charge on any atom is -0.464 e. The Kier molecular flexibility index (Phi) is 2.99. The number of hydrogen-bond donors (Lipinski definition) is 0. The van der Waals surface area contributed by atoms with Crippen LogP contribution in [0.15, 0.2) is 47.2 Å². The molecule has 1 unspecified atom stereocenters. The molecule has 0 saturated heterocycles. The molecule has 102 valence electrons. The molecular weight excluding hydrogens is 242 g/mol. The standard InChI is InChI=1S/C15H19NO3/c1-17-15(18-2,13-6-3-11-19-13)12-14(7-4-8-14)16-9-5-10-16/h3-7,9,11H,8,10,12H2,1-2H3.